The fourth-order valence-corrected chi connectivity index (χ4v) is 4.31. The number of aromatic nitrogens is 2. The highest BCUT2D eigenvalue weighted by Gasteiger charge is 2.18. The van der Waals surface area contributed by atoms with E-state index in [9.17, 15) is 4.79 Å². The zero-order valence-corrected chi connectivity index (χ0v) is 19.2. The number of benzene rings is 2. The van der Waals surface area contributed by atoms with Crippen molar-refractivity contribution in [3.05, 3.63) is 86.7 Å². The Bertz CT molecular complexity index is 1450. The van der Waals surface area contributed by atoms with E-state index < -0.39 is 0 Å². The molecule has 33 heavy (non-hydrogen) atoms. The molecule has 7 nitrogen and oxygen atoms in total. The van der Waals surface area contributed by atoms with E-state index in [1.807, 2.05) is 41.8 Å². The van der Waals surface area contributed by atoms with Crippen molar-refractivity contribution in [2.24, 2.45) is 10.1 Å². The highest BCUT2D eigenvalue weighted by molar-refractivity contribution is 7.07. The van der Waals surface area contributed by atoms with Gasteiger partial charge in [0.25, 0.3) is 5.91 Å². The Labute approximate surface area is 202 Å². The monoisotopic (exact) mass is 495 g/mol. The summed E-state index contributed by atoms with van der Waals surface area (Å²) in [7, 11) is 0. The molecule has 1 aliphatic rings. The molecule has 1 aliphatic heterocycles. The summed E-state index contributed by atoms with van der Waals surface area (Å²) in [4.78, 5) is 21.4. The summed E-state index contributed by atoms with van der Waals surface area (Å²) in [5, 5.41) is 10.3. The van der Waals surface area contributed by atoms with E-state index in [1.165, 1.54) is 11.3 Å². The van der Waals surface area contributed by atoms with E-state index >= 15 is 0 Å². The van der Waals surface area contributed by atoms with Gasteiger partial charge < -0.3 is 10.1 Å². The third-order valence-corrected chi connectivity index (χ3v) is 6.27. The first-order chi connectivity index (χ1) is 16.1. The van der Waals surface area contributed by atoms with Crippen molar-refractivity contribution in [3.63, 3.8) is 0 Å². The third kappa shape index (κ3) is 4.68. The first kappa shape index (κ1) is 21.4. The van der Waals surface area contributed by atoms with Crippen LogP contribution in [-0.4, -0.2) is 28.4 Å². The van der Waals surface area contributed by atoms with Crippen LogP contribution in [0, 0.1) is 0 Å². The van der Waals surface area contributed by atoms with Crippen molar-refractivity contribution in [2.45, 2.75) is 0 Å². The highest BCUT2D eigenvalue weighted by Crippen LogP contribution is 2.33. The van der Waals surface area contributed by atoms with Crippen LogP contribution in [-0.2, 0) is 4.79 Å². The van der Waals surface area contributed by atoms with Gasteiger partial charge in [-0.2, -0.15) is 5.10 Å². The molecule has 2 aromatic heterocycles. The Hall–Kier alpha value is -3.46. The molecule has 0 saturated carbocycles. The zero-order valence-electron chi connectivity index (χ0n) is 16.9. The number of nitrogens with one attached hydrogen (secondary N) is 1. The molecule has 0 saturated heterocycles. The molecule has 0 fully saturated rings. The molecule has 1 N–H and O–H groups in total. The van der Waals surface area contributed by atoms with E-state index in [0.717, 1.165) is 11.3 Å². The average molecular weight is 496 g/mol. The van der Waals surface area contributed by atoms with E-state index in [4.69, 9.17) is 32.9 Å². The van der Waals surface area contributed by atoms with Gasteiger partial charge in [-0.1, -0.05) is 29.3 Å². The van der Waals surface area contributed by atoms with E-state index in [0.29, 0.717) is 37.7 Å². The molecule has 5 rings (SSSR count). The van der Waals surface area contributed by atoms with Gasteiger partial charge in [0.15, 0.2) is 6.61 Å². The van der Waals surface area contributed by atoms with Crippen LogP contribution in [0.4, 0.5) is 11.4 Å². The number of hydrogen-bond donors (Lipinski definition) is 1. The van der Waals surface area contributed by atoms with E-state index in [1.54, 1.807) is 35.3 Å². The van der Waals surface area contributed by atoms with Gasteiger partial charge in [-0.05, 0) is 48.5 Å². The lowest BCUT2D eigenvalue weighted by atomic mass is 10.1. The predicted octanol–water partition coefficient (Wildman–Crippen LogP) is 5.36. The fraction of sp³-hybridized carbons (Fsp3) is 0.0435. The number of pyridine rings is 1. The molecule has 0 spiro atoms. The number of amides is 1. The number of fused-ring (bicyclic) bond motifs is 1. The maximum Gasteiger partial charge on any atom is 0.262 e. The second-order valence-electron chi connectivity index (χ2n) is 6.97. The van der Waals surface area contributed by atoms with E-state index in [-0.39, 0.29) is 12.5 Å². The maximum absolute atomic E-state index is 11.8. The van der Waals surface area contributed by atoms with Crippen LogP contribution in [0.3, 0.4) is 0 Å². The van der Waals surface area contributed by atoms with Crippen molar-refractivity contribution in [2.75, 3.05) is 11.9 Å². The number of nitrogens with zero attached hydrogens (tertiary/aromatic N) is 4. The summed E-state index contributed by atoms with van der Waals surface area (Å²) in [5.41, 5.74) is 3.58. The number of hydrogen-bond acceptors (Lipinski definition) is 6. The number of ether oxygens (including phenoxy) is 1. The smallest absolute Gasteiger partial charge is 0.262 e. The minimum atomic E-state index is -0.193. The lowest BCUT2D eigenvalue weighted by Crippen LogP contribution is -2.25. The molecule has 1 amide bonds. The molecule has 0 radical (unpaired) electrons. The summed E-state index contributed by atoms with van der Waals surface area (Å²) >= 11 is 13.6. The summed E-state index contributed by atoms with van der Waals surface area (Å²) in [6, 6.07) is 16.4. The summed E-state index contributed by atoms with van der Waals surface area (Å²) in [6.45, 7) is 0.00580. The number of carbonyl (C=O) groups is 1. The molecule has 0 bridgehead atoms. The topological polar surface area (TPSA) is 80.9 Å². The first-order valence-corrected chi connectivity index (χ1v) is 11.4. The van der Waals surface area contributed by atoms with Gasteiger partial charge >= 0.3 is 0 Å². The number of rotatable bonds is 4. The largest absolute Gasteiger partial charge is 0.482 e. The Morgan fingerprint density at radius 2 is 2.03 bits per heavy atom. The molecular weight excluding hydrogens is 481 g/mol. The van der Waals surface area contributed by atoms with Crippen molar-refractivity contribution in [1.29, 1.82) is 0 Å². The summed E-state index contributed by atoms with van der Waals surface area (Å²) in [6.07, 6.45) is 3.36. The van der Waals surface area contributed by atoms with Crippen LogP contribution in [0.5, 0.6) is 5.75 Å². The molecule has 3 heterocycles. The number of carbonyl (C=O) groups excluding carboxylic acids is 1. The summed E-state index contributed by atoms with van der Waals surface area (Å²) < 4.78 is 7.19. The van der Waals surface area contributed by atoms with Gasteiger partial charge in [-0.15, -0.1) is 11.3 Å². The average Bonchev–Trinajstić information content (AvgIpc) is 3.22. The second-order valence-corrected chi connectivity index (χ2v) is 8.62. The molecule has 10 heteroatoms. The Morgan fingerprint density at radius 1 is 1.12 bits per heavy atom. The number of anilines is 1. The van der Waals surface area contributed by atoms with Gasteiger partial charge in [-0.3, -0.25) is 9.78 Å². The standard InChI is InChI=1S/C23H15Cl2N5O2S/c24-17-6-5-15(10-18(17)25)28-23-30(27-11-16-3-1-2-8-26-16)20(13-33-23)14-4-7-21-19(9-14)29-22(31)12-32-21/h1-11,13H,12H2,(H,29,31). The van der Waals surface area contributed by atoms with Crippen LogP contribution in [0.25, 0.3) is 11.3 Å². The Balaban J connectivity index is 1.63. The third-order valence-electron chi connectivity index (χ3n) is 4.71. The maximum atomic E-state index is 11.8. The molecule has 2 aromatic carbocycles. The van der Waals surface area contributed by atoms with Gasteiger partial charge in [-0.25, -0.2) is 9.67 Å². The Kier molecular flexibility index (Phi) is 5.95. The lowest BCUT2D eigenvalue weighted by molar-refractivity contribution is -0.118. The van der Waals surface area contributed by atoms with Crippen molar-refractivity contribution in [3.8, 4) is 17.0 Å². The van der Waals surface area contributed by atoms with Crippen LogP contribution < -0.4 is 14.9 Å². The predicted molar refractivity (Wildman–Crippen MR) is 131 cm³/mol. The molecule has 0 atom stereocenters. The van der Waals surface area contributed by atoms with Crippen molar-refractivity contribution < 1.29 is 9.53 Å². The van der Waals surface area contributed by atoms with E-state index in [2.05, 4.69) is 15.4 Å². The van der Waals surface area contributed by atoms with Gasteiger partial charge in [0.2, 0.25) is 4.80 Å². The molecular formula is C23H15Cl2N5O2S. The normalized spacial score (nSPS) is 13.6. The first-order valence-electron chi connectivity index (χ1n) is 9.79. The van der Waals surface area contributed by atoms with Crippen LogP contribution in [0.1, 0.15) is 5.69 Å². The second kappa shape index (κ2) is 9.19. The minimum Gasteiger partial charge on any atom is -0.482 e. The molecule has 0 unspecified atom stereocenters. The lowest BCUT2D eigenvalue weighted by Gasteiger charge is -2.18. The van der Waals surface area contributed by atoms with Gasteiger partial charge in [0, 0.05) is 17.1 Å². The van der Waals surface area contributed by atoms with Crippen LogP contribution >= 0.6 is 34.5 Å². The minimum absolute atomic E-state index is 0.00580. The zero-order chi connectivity index (χ0) is 22.8. The SMILES string of the molecule is O=C1COc2ccc(-c3csc(=Nc4ccc(Cl)c(Cl)c4)n3N=Cc3ccccn3)cc2N1. The van der Waals surface area contributed by atoms with Crippen LogP contribution in [0.15, 0.2) is 76.3 Å². The van der Waals surface area contributed by atoms with Gasteiger partial charge in [0.05, 0.1) is 39.0 Å². The molecule has 164 valence electrons. The number of halogens is 2. The highest BCUT2D eigenvalue weighted by atomic mass is 35.5. The Morgan fingerprint density at radius 3 is 2.85 bits per heavy atom. The number of thiazole rings is 1. The van der Waals surface area contributed by atoms with Crippen molar-refractivity contribution in [1.82, 2.24) is 9.66 Å². The molecule has 4 aromatic rings. The molecule has 0 aliphatic carbocycles. The quantitative estimate of drug-likeness (QED) is 0.386. The fourth-order valence-electron chi connectivity index (χ4n) is 3.16. The van der Waals surface area contributed by atoms with Crippen molar-refractivity contribution >= 4 is 58.0 Å². The summed E-state index contributed by atoms with van der Waals surface area (Å²) in [5.74, 6) is 0.430. The van der Waals surface area contributed by atoms with Gasteiger partial charge in [0.1, 0.15) is 5.75 Å². The van der Waals surface area contributed by atoms with Crippen LogP contribution in [0.2, 0.25) is 10.0 Å².